The Hall–Kier alpha value is -2.00. The molecule has 1 aliphatic rings. The molecule has 0 spiro atoms. The number of hydrogen-bond donors (Lipinski definition) is 0. The van der Waals surface area contributed by atoms with Crippen LogP contribution in [-0.4, -0.2) is 36.1 Å². The number of amides is 1. The van der Waals surface area contributed by atoms with E-state index in [1.807, 2.05) is 66.7 Å². The summed E-state index contributed by atoms with van der Waals surface area (Å²) in [6.45, 7) is -0.0823. The molecule has 1 unspecified atom stereocenters. The summed E-state index contributed by atoms with van der Waals surface area (Å²) in [5.41, 5.74) is 1.36. The van der Waals surface area contributed by atoms with E-state index in [1.54, 1.807) is 23.1 Å². The minimum absolute atomic E-state index is 0. The summed E-state index contributed by atoms with van der Waals surface area (Å²) in [7, 11) is -4.47. The Labute approximate surface area is 203 Å². The maximum atomic E-state index is 13.4. The molecule has 0 fully saturated rings. The van der Waals surface area contributed by atoms with Crippen LogP contribution in [0.4, 0.5) is 0 Å². The first-order valence-electron chi connectivity index (χ1n) is 9.50. The van der Waals surface area contributed by atoms with Crippen molar-refractivity contribution in [2.45, 2.75) is 12.3 Å². The summed E-state index contributed by atoms with van der Waals surface area (Å²) in [6.07, 6.45) is 0. The van der Waals surface area contributed by atoms with E-state index in [4.69, 9.17) is 4.74 Å². The maximum Gasteiger partial charge on any atom is 1.00 e. The van der Waals surface area contributed by atoms with Crippen molar-refractivity contribution in [1.82, 2.24) is 4.90 Å². The third-order valence-electron chi connectivity index (χ3n) is 5.14. The average Bonchev–Trinajstić information content (AvgIpc) is 2.98. The molecule has 154 valence electrons. The molecule has 1 atom stereocenters. The fourth-order valence-corrected chi connectivity index (χ4v) is 4.14. The molecule has 0 aliphatic carbocycles. The van der Waals surface area contributed by atoms with Crippen molar-refractivity contribution in [3.63, 3.8) is 0 Å². The Bertz CT molecular complexity index is 1150. The van der Waals surface area contributed by atoms with Gasteiger partial charge in [0.2, 0.25) is 0 Å². The summed E-state index contributed by atoms with van der Waals surface area (Å²) < 4.78 is 39.8. The van der Waals surface area contributed by atoms with Crippen LogP contribution in [0.25, 0.3) is 0 Å². The van der Waals surface area contributed by atoms with Crippen molar-refractivity contribution in [1.29, 1.82) is 0 Å². The summed E-state index contributed by atoms with van der Waals surface area (Å²) in [5.74, 6) is -0.903. The largest absolute Gasteiger partial charge is 1.00 e. The Kier molecular flexibility index (Phi) is 7.36. The Morgan fingerprint density at radius 1 is 0.871 bits per heavy atom. The third kappa shape index (κ3) is 4.77. The molecule has 0 radical (unpaired) electrons. The van der Waals surface area contributed by atoms with Gasteiger partial charge in [0.25, 0.3) is 5.91 Å². The maximum absolute atomic E-state index is 13.4. The molecule has 0 saturated heterocycles. The smallest absolute Gasteiger partial charge is 0.748 e. The SMILES string of the molecule is O=C1c2ccccc2C(OCCS(=O)(=O)[O-])(c2ccccc2)N1Cc1ccccc1.[Na+]. The van der Waals surface area contributed by atoms with Gasteiger partial charge in [0.15, 0.2) is 5.72 Å². The summed E-state index contributed by atoms with van der Waals surface area (Å²) >= 11 is 0. The van der Waals surface area contributed by atoms with Crippen LogP contribution in [0.5, 0.6) is 0 Å². The first kappa shape index (κ1) is 23.7. The van der Waals surface area contributed by atoms with Gasteiger partial charge in [0, 0.05) is 23.2 Å². The van der Waals surface area contributed by atoms with Crippen LogP contribution < -0.4 is 29.6 Å². The Morgan fingerprint density at radius 2 is 1.45 bits per heavy atom. The Morgan fingerprint density at radius 3 is 2.10 bits per heavy atom. The molecule has 8 heteroatoms. The molecule has 4 rings (SSSR count). The van der Waals surface area contributed by atoms with E-state index in [-0.39, 0.29) is 48.6 Å². The number of hydrogen-bond acceptors (Lipinski definition) is 5. The van der Waals surface area contributed by atoms with Gasteiger partial charge in [-0.25, -0.2) is 8.42 Å². The number of ether oxygens (including phenoxy) is 1. The molecular formula is C23H20NNaO5S. The first-order chi connectivity index (χ1) is 14.4. The number of carbonyl (C=O) groups is 1. The van der Waals surface area contributed by atoms with Gasteiger partial charge >= 0.3 is 29.6 Å². The summed E-state index contributed by atoms with van der Waals surface area (Å²) in [5, 5.41) is 0. The van der Waals surface area contributed by atoms with E-state index in [0.29, 0.717) is 16.7 Å². The summed E-state index contributed by atoms with van der Waals surface area (Å²) in [4.78, 5) is 15.0. The number of rotatable bonds is 7. The standard InChI is InChI=1S/C23H21NO5S.Na/c25-22-20-13-7-8-14-21(20)23(19-11-5-2-6-12-19,29-15-16-30(26,27)28)24(22)17-18-9-3-1-4-10-18;/h1-14H,15-17H2,(H,26,27,28);/q;+1/p-1. The normalized spacial score (nSPS) is 17.8. The zero-order valence-electron chi connectivity index (χ0n) is 17.1. The van der Waals surface area contributed by atoms with Crippen LogP contribution in [0.15, 0.2) is 84.9 Å². The van der Waals surface area contributed by atoms with Crippen LogP contribution in [0.1, 0.15) is 27.0 Å². The van der Waals surface area contributed by atoms with E-state index in [0.717, 1.165) is 5.56 Å². The van der Waals surface area contributed by atoms with E-state index in [1.165, 1.54) is 0 Å². The Balaban J connectivity index is 0.00000272. The number of carbonyl (C=O) groups excluding carboxylic acids is 1. The van der Waals surface area contributed by atoms with Crippen molar-refractivity contribution in [2.24, 2.45) is 0 Å². The van der Waals surface area contributed by atoms with E-state index in [2.05, 4.69) is 0 Å². The van der Waals surface area contributed by atoms with Gasteiger partial charge in [0.05, 0.1) is 22.5 Å². The molecule has 1 aliphatic heterocycles. The molecule has 6 nitrogen and oxygen atoms in total. The quantitative estimate of drug-likeness (QED) is 0.381. The van der Waals surface area contributed by atoms with Crippen LogP contribution >= 0.6 is 0 Å². The van der Waals surface area contributed by atoms with E-state index in [9.17, 15) is 17.8 Å². The van der Waals surface area contributed by atoms with Crippen molar-refractivity contribution in [2.75, 3.05) is 12.4 Å². The van der Waals surface area contributed by atoms with Crippen LogP contribution in [0.2, 0.25) is 0 Å². The van der Waals surface area contributed by atoms with Crippen molar-refractivity contribution in [3.05, 3.63) is 107 Å². The molecule has 0 saturated carbocycles. The van der Waals surface area contributed by atoms with E-state index < -0.39 is 21.6 Å². The predicted octanol–water partition coefficient (Wildman–Crippen LogP) is 0.110. The average molecular weight is 445 g/mol. The molecule has 1 amide bonds. The fourth-order valence-electron chi connectivity index (χ4n) is 3.85. The minimum atomic E-state index is -4.47. The van der Waals surface area contributed by atoms with Crippen LogP contribution in [-0.2, 0) is 27.1 Å². The number of nitrogens with zero attached hydrogens (tertiary/aromatic N) is 1. The second kappa shape index (κ2) is 9.65. The van der Waals surface area contributed by atoms with Gasteiger partial charge in [-0.1, -0.05) is 78.9 Å². The summed E-state index contributed by atoms with van der Waals surface area (Å²) in [6, 6.07) is 25.8. The van der Waals surface area contributed by atoms with Gasteiger partial charge in [-0.3, -0.25) is 9.69 Å². The van der Waals surface area contributed by atoms with Gasteiger partial charge in [-0.05, 0) is 11.6 Å². The van der Waals surface area contributed by atoms with Crippen LogP contribution in [0.3, 0.4) is 0 Å². The zero-order valence-corrected chi connectivity index (χ0v) is 19.9. The molecule has 1 heterocycles. The van der Waals surface area contributed by atoms with Gasteiger partial charge in [-0.15, -0.1) is 0 Å². The van der Waals surface area contributed by atoms with Crippen LogP contribution in [0, 0.1) is 0 Å². The minimum Gasteiger partial charge on any atom is -0.748 e. The third-order valence-corrected chi connectivity index (χ3v) is 5.81. The molecular weight excluding hydrogens is 425 g/mol. The molecule has 0 aromatic heterocycles. The monoisotopic (exact) mass is 445 g/mol. The molecule has 0 N–H and O–H groups in total. The first-order valence-corrected chi connectivity index (χ1v) is 11.1. The molecule has 31 heavy (non-hydrogen) atoms. The van der Waals surface area contributed by atoms with E-state index >= 15 is 0 Å². The topological polar surface area (TPSA) is 86.7 Å². The number of fused-ring (bicyclic) bond motifs is 1. The van der Waals surface area contributed by atoms with Crippen molar-refractivity contribution in [3.8, 4) is 0 Å². The molecule has 0 bridgehead atoms. The zero-order chi connectivity index (χ0) is 21.2. The van der Waals surface area contributed by atoms with Crippen molar-refractivity contribution < 1.29 is 52.1 Å². The van der Waals surface area contributed by atoms with Gasteiger partial charge in [-0.2, -0.15) is 0 Å². The second-order valence-electron chi connectivity index (χ2n) is 7.04. The predicted molar refractivity (Wildman–Crippen MR) is 110 cm³/mol. The fraction of sp³-hybridized carbons (Fsp3) is 0.174. The van der Waals surface area contributed by atoms with Gasteiger partial charge < -0.3 is 9.29 Å². The van der Waals surface area contributed by atoms with Gasteiger partial charge in [0.1, 0.15) is 0 Å². The molecule has 3 aromatic carbocycles. The van der Waals surface area contributed by atoms with Crippen molar-refractivity contribution >= 4 is 16.0 Å². The molecule has 3 aromatic rings. The second-order valence-corrected chi connectivity index (χ2v) is 8.57. The number of benzene rings is 3.